The second kappa shape index (κ2) is 7.74. The van der Waals surface area contributed by atoms with Crippen LogP contribution < -0.4 is 10.6 Å². The molecule has 0 saturated carbocycles. The number of nitrogens with one attached hydrogen (secondary N) is 2. The lowest BCUT2D eigenvalue weighted by Crippen LogP contribution is -2.42. The number of rotatable bonds is 6. The van der Waals surface area contributed by atoms with E-state index in [1.165, 1.54) is 18.2 Å². The number of halogens is 1. The first-order valence-electron chi connectivity index (χ1n) is 6.54. The van der Waals surface area contributed by atoms with E-state index < -0.39 is 11.9 Å². The molecule has 2 amide bonds. The highest BCUT2D eigenvalue weighted by Crippen LogP contribution is 2.12. The Kier molecular flexibility index (Phi) is 6.29. The van der Waals surface area contributed by atoms with Crippen LogP contribution in [0.5, 0.6) is 0 Å². The highest BCUT2D eigenvalue weighted by atomic mass is 19.1. The summed E-state index contributed by atoms with van der Waals surface area (Å²) >= 11 is 0. The Bertz CT molecular complexity index is 408. The number of carbonyl (C=O) groups is 1. The van der Waals surface area contributed by atoms with E-state index in [2.05, 4.69) is 10.6 Å². The Morgan fingerprint density at radius 3 is 2.63 bits per heavy atom. The number of hydrogen-bond donors (Lipinski definition) is 3. The van der Waals surface area contributed by atoms with Crippen molar-refractivity contribution in [3.05, 3.63) is 35.6 Å². The second-order valence-corrected chi connectivity index (χ2v) is 4.44. The summed E-state index contributed by atoms with van der Waals surface area (Å²) in [7, 11) is 0. The Balaban J connectivity index is 2.41. The number of aliphatic hydroxyl groups is 1. The molecular formula is C14H21FN2O2. The molecule has 0 spiro atoms. The van der Waals surface area contributed by atoms with Crippen molar-refractivity contribution in [3.8, 4) is 0 Å². The number of urea groups is 1. The molecule has 1 rings (SSSR count). The van der Waals surface area contributed by atoms with Crippen LogP contribution in [0.2, 0.25) is 0 Å². The minimum absolute atomic E-state index is 0.0510. The van der Waals surface area contributed by atoms with Gasteiger partial charge in [-0.1, -0.05) is 26.0 Å². The molecule has 3 N–H and O–H groups in total. The van der Waals surface area contributed by atoms with Gasteiger partial charge in [0.15, 0.2) is 0 Å². The van der Waals surface area contributed by atoms with E-state index in [1.54, 1.807) is 6.07 Å². The Morgan fingerprint density at radius 1 is 1.37 bits per heavy atom. The smallest absolute Gasteiger partial charge is 0.315 e. The molecule has 0 aliphatic heterocycles. The second-order valence-electron chi connectivity index (χ2n) is 4.44. The summed E-state index contributed by atoms with van der Waals surface area (Å²) < 4.78 is 13.0. The van der Waals surface area contributed by atoms with Gasteiger partial charge in [0, 0.05) is 12.6 Å². The summed E-state index contributed by atoms with van der Waals surface area (Å²) in [5, 5.41) is 15.2. The molecule has 1 aromatic rings. The zero-order valence-electron chi connectivity index (χ0n) is 11.3. The van der Waals surface area contributed by atoms with E-state index >= 15 is 0 Å². The van der Waals surface area contributed by atoms with Crippen LogP contribution in [0.1, 0.15) is 38.4 Å². The number of benzene rings is 1. The normalized spacial score (nSPS) is 12.3. The van der Waals surface area contributed by atoms with Crippen LogP contribution in [0.25, 0.3) is 0 Å². The lowest BCUT2D eigenvalue weighted by atomic mass is 10.1. The van der Waals surface area contributed by atoms with Gasteiger partial charge in [0.05, 0.1) is 6.10 Å². The largest absolute Gasteiger partial charge is 0.387 e. The van der Waals surface area contributed by atoms with Crippen molar-refractivity contribution in [2.45, 2.75) is 38.8 Å². The maximum Gasteiger partial charge on any atom is 0.315 e. The molecule has 106 valence electrons. The highest BCUT2D eigenvalue weighted by molar-refractivity contribution is 5.74. The van der Waals surface area contributed by atoms with Gasteiger partial charge in [0.1, 0.15) is 5.82 Å². The third kappa shape index (κ3) is 5.26. The summed E-state index contributed by atoms with van der Waals surface area (Å²) in [5.41, 5.74) is 0.447. The van der Waals surface area contributed by atoms with Gasteiger partial charge in [0.2, 0.25) is 0 Å². The van der Waals surface area contributed by atoms with Crippen molar-refractivity contribution >= 4 is 6.03 Å². The van der Waals surface area contributed by atoms with Gasteiger partial charge >= 0.3 is 6.03 Å². The van der Waals surface area contributed by atoms with Crippen LogP contribution in [0.3, 0.4) is 0 Å². The maximum atomic E-state index is 13.0. The molecule has 5 heteroatoms. The first kappa shape index (κ1) is 15.4. The Morgan fingerprint density at radius 2 is 2.05 bits per heavy atom. The monoisotopic (exact) mass is 268 g/mol. The predicted octanol–water partition coefficient (Wildman–Crippen LogP) is 2.35. The number of hydrogen-bond acceptors (Lipinski definition) is 2. The van der Waals surface area contributed by atoms with Crippen molar-refractivity contribution in [1.29, 1.82) is 0 Å². The first-order valence-corrected chi connectivity index (χ1v) is 6.54. The quantitative estimate of drug-likeness (QED) is 0.741. The predicted molar refractivity (Wildman–Crippen MR) is 72.3 cm³/mol. The molecule has 0 bridgehead atoms. The van der Waals surface area contributed by atoms with Gasteiger partial charge in [-0.3, -0.25) is 0 Å². The Labute approximate surface area is 113 Å². The standard InChI is InChI=1S/C14H21FN2O2/c1-3-12(4-2)17-14(19)16-9-13(18)10-6-5-7-11(15)8-10/h5-8,12-13,18H,3-4,9H2,1-2H3,(H2,16,17,19)/t13-/m1/s1. The van der Waals surface area contributed by atoms with Crippen molar-refractivity contribution in [2.24, 2.45) is 0 Å². The van der Waals surface area contributed by atoms with Crippen LogP contribution in [0, 0.1) is 5.82 Å². The van der Waals surface area contributed by atoms with Crippen molar-refractivity contribution in [1.82, 2.24) is 10.6 Å². The molecule has 0 unspecified atom stereocenters. The average molecular weight is 268 g/mol. The summed E-state index contributed by atoms with van der Waals surface area (Å²) in [4.78, 5) is 11.6. The van der Waals surface area contributed by atoms with E-state index in [-0.39, 0.29) is 18.6 Å². The molecule has 19 heavy (non-hydrogen) atoms. The average Bonchev–Trinajstić information content (AvgIpc) is 2.42. The molecule has 0 aliphatic carbocycles. The van der Waals surface area contributed by atoms with E-state index in [0.29, 0.717) is 5.56 Å². The zero-order chi connectivity index (χ0) is 14.3. The minimum atomic E-state index is -0.914. The van der Waals surface area contributed by atoms with Gasteiger partial charge in [-0.05, 0) is 30.5 Å². The number of amides is 2. The van der Waals surface area contributed by atoms with Gasteiger partial charge in [-0.15, -0.1) is 0 Å². The van der Waals surface area contributed by atoms with E-state index in [0.717, 1.165) is 12.8 Å². The fourth-order valence-electron chi connectivity index (χ4n) is 1.75. The molecule has 1 aromatic carbocycles. The van der Waals surface area contributed by atoms with Crippen LogP contribution >= 0.6 is 0 Å². The van der Waals surface area contributed by atoms with Crippen LogP contribution in [0.15, 0.2) is 24.3 Å². The SMILES string of the molecule is CCC(CC)NC(=O)NC[C@@H](O)c1cccc(F)c1. The van der Waals surface area contributed by atoms with Gasteiger partial charge in [0.25, 0.3) is 0 Å². The van der Waals surface area contributed by atoms with Crippen LogP contribution in [-0.4, -0.2) is 23.7 Å². The molecule has 0 aromatic heterocycles. The van der Waals surface area contributed by atoms with Gasteiger partial charge < -0.3 is 15.7 Å². The molecule has 0 aliphatic rings. The third-order valence-corrected chi connectivity index (χ3v) is 3.01. The Hall–Kier alpha value is -1.62. The number of aliphatic hydroxyl groups excluding tert-OH is 1. The molecule has 0 radical (unpaired) electrons. The molecule has 1 atom stereocenters. The van der Waals surface area contributed by atoms with Gasteiger partial charge in [-0.25, -0.2) is 9.18 Å². The van der Waals surface area contributed by atoms with E-state index in [4.69, 9.17) is 0 Å². The van der Waals surface area contributed by atoms with Crippen LogP contribution in [-0.2, 0) is 0 Å². The van der Waals surface area contributed by atoms with Crippen molar-refractivity contribution in [3.63, 3.8) is 0 Å². The number of carbonyl (C=O) groups excluding carboxylic acids is 1. The van der Waals surface area contributed by atoms with Crippen molar-refractivity contribution < 1.29 is 14.3 Å². The fraction of sp³-hybridized carbons (Fsp3) is 0.500. The third-order valence-electron chi connectivity index (χ3n) is 3.01. The topological polar surface area (TPSA) is 61.4 Å². The minimum Gasteiger partial charge on any atom is -0.387 e. The zero-order valence-corrected chi connectivity index (χ0v) is 11.3. The van der Waals surface area contributed by atoms with Crippen molar-refractivity contribution in [2.75, 3.05) is 6.54 Å². The summed E-state index contributed by atoms with van der Waals surface area (Å²) in [5.74, 6) is -0.405. The lowest BCUT2D eigenvalue weighted by molar-refractivity contribution is 0.172. The lowest BCUT2D eigenvalue weighted by Gasteiger charge is -2.17. The summed E-state index contributed by atoms with van der Waals surface area (Å²) in [6.07, 6.45) is 0.801. The maximum absolute atomic E-state index is 13.0. The molecule has 4 nitrogen and oxygen atoms in total. The molecule has 0 heterocycles. The summed E-state index contributed by atoms with van der Waals surface area (Å²) in [6, 6.07) is 5.52. The van der Waals surface area contributed by atoms with Gasteiger partial charge in [-0.2, -0.15) is 0 Å². The van der Waals surface area contributed by atoms with E-state index in [1.807, 2.05) is 13.8 Å². The molecule has 0 fully saturated rings. The van der Waals surface area contributed by atoms with E-state index in [9.17, 15) is 14.3 Å². The highest BCUT2D eigenvalue weighted by Gasteiger charge is 2.12. The first-order chi connectivity index (χ1) is 9.06. The fourth-order valence-corrected chi connectivity index (χ4v) is 1.75. The van der Waals surface area contributed by atoms with Crippen LogP contribution in [0.4, 0.5) is 9.18 Å². The molecular weight excluding hydrogens is 247 g/mol. The molecule has 0 saturated heterocycles. The summed E-state index contributed by atoms with van der Waals surface area (Å²) in [6.45, 7) is 4.04.